The maximum absolute atomic E-state index is 13.1. The normalized spacial score (nSPS) is 15.4. The number of carbonyl (C=O) groups excluding carboxylic acids is 1. The third-order valence-electron chi connectivity index (χ3n) is 5.31. The fourth-order valence-corrected chi connectivity index (χ4v) is 4.08. The quantitative estimate of drug-likeness (QED) is 0.672. The second-order valence-corrected chi connectivity index (χ2v) is 9.23. The van der Waals surface area contributed by atoms with E-state index in [4.69, 9.17) is 11.6 Å². The van der Waals surface area contributed by atoms with Crippen LogP contribution < -0.4 is 5.32 Å². The minimum atomic E-state index is -0.246. The predicted molar refractivity (Wildman–Crippen MR) is 116 cm³/mol. The first kappa shape index (κ1) is 20.8. The molecular weight excluding hydrogens is 370 g/mol. The largest absolute Gasteiger partial charge is 0.345 e. The van der Waals surface area contributed by atoms with Crippen molar-refractivity contribution < 1.29 is 4.79 Å². The number of aromatic nitrogens is 1. The zero-order chi connectivity index (χ0) is 20.1. The number of nitrogens with zero attached hydrogens (tertiary/aromatic N) is 2. The van der Waals surface area contributed by atoms with E-state index in [0.29, 0.717) is 19.1 Å². The van der Waals surface area contributed by atoms with E-state index < -0.39 is 0 Å². The van der Waals surface area contributed by atoms with Crippen LogP contribution in [0.2, 0.25) is 5.02 Å². The van der Waals surface area contributed by atoms with Gasteiger partial charge in [0.1, 0.15) is 0 Å². The summed E-state index contributed by atoms with van der Waals surface area (Å²) in [6.45, 7) is 7.42. The van der Waals surface area contributed by atoms with Crippen LogP contribution in [0, 0.1) is 0 Å². The highest BCUT2D eigenvalue weighted by molar-refractivity contribution is 6.31. The molecule has 1 fully saturated rings. The molecule has 0 aliphatic heterocycles. The molecule has 2 amide bonds. The van der Waals surface area contributed by atoms with Crippen LogP contribution in [0.25, 0.3) is 0 Å². The molecule has 1 aromatic carbocycles. The first-order chi connectivity index (χ1) is 13.3. The van der Waals surface area contributed by atoms with Crippen molar-refractivity contribution in [2.75, 3.05) is 0 Å². The number of benzene rings is 1. The van der Waals surface area contributed by atoms with E-state index >= 15 is 0 Å². The molecule has 0 saturated heterocycles. The second kappa shape index (κ2) is 9.04. The van der Waals surface area contributed by atoms with Crippen LogP contribution in [0.1, 0.15) is 64.1 Å². The fraction of sp³-hybridized carbons (Fsp3) is 0.522. The smallest absolute Gasteiger partial charge is 0.318 e. The Bertz CT molecular complexity index is 787. The molecule has 0 spiro atoms. The summed E-state index contributed by atoms with van der Waals surface area (Å²) in [6, 6.07) is 12.4. The molecule has 0 bridgehead atoms. The highest BCUT2D eigenvalue weighted by atomic mass is 35.5. The summed E-state index contributed by atoms with van der Waals surface area (Å²) in [6.07, 6.45) is 7.91. The number of rotatable bonds is 5. The van der Waals surface area contributed by atoms with Crippen LogP contribution >= 0.6 is 11.6 Å². The number of hydrogen-bond acceptors (Lipinski definition) is 1. The summed E-state index contributed by atoms with van der Waals surface area (Å²) in [5.74, 6) is 0. The molecule has 2 aromatic rings. The molecule has 3 rings (SSSR count). The van der Waals surface area contributed by atoms with Gasteiger partial charge >= 0.3 is 6.03 Å². The lowest BCUT2D eigenvalue weighted by molar-refractivity contribution is 0.142. The van der Waals surface area contributed by atoms with Gasteiger partial charge in [-0.25, -0.2) is 4.79 Å². The Hall–Kier alpha value is -1.94. The van der Waals surface area contributed by atoms with E-state index in [9.17, 15) is 4.79 Å². The van der Waals surface area contributed by atoms with Crippen molar-refractivity contribution in [1.29, 1.82) is 0 Å². The van der Waals surface area contributed by atoms with Crippen LogP contribution in [0.15, 0.2) is 42.6 Å². The van der Waals surface area contributed by atoms with Gasteiger partial charge in [0.15, 0.2) is 0 Å². The van der Waals surface area contributed by atoms with Gasteiger partial charge in [-0.2, -0.15) is 0 Å². The Morgan fingerprint density at radius 3 is 2.54 bits per heavy atom. The van der Waals surface area contributed by atoms with Gasteiger partial charge in [0.2, 0.25) is 0 Å². The maximum Gasteiger partial charge on any atom is 0.318 e. The van der Waals surface area contributed by atoms with Crippen molar-refractivity contribution in [2.45, 2.75) is 77.5 Å². The topological polar surface area (TPSA) is 37.3 Å². The molecular formula is C23H32ClN3O. The Kier molecular flexibility index (Phi) is 6.71. The monoisotopic (exact) mass is 401 g/mol. The summed E-state index contributed by atoms with van der Waals surface area (Å²) >= 11 is 6.36. The van der Waals surface area contributed by atoms with Gasteiger partial charge in [-0.3, -0.25) is 0 Å². The highest BCUT2D eigenvalue weighted by Gasteiger charge is 2.28. The molecule has 0 unspecified atom stereocenters. The van der Waals surface area contributed by atoms with Crippen LogP contribution in [0.5, 0.6) is 0 Å². The van der Waals surface area contributed by atoms with Crippen molar-refractivity contribution in [3.63, 3.8) is 0 Å². The van der Waals surface area contributed by atoms with Crippen LogP contribution in [-0.2, 0) is 13.1 Å². The summed E-state index contributed by atoms with van der Waals surface area (Å²) in [7, 11) is 0. The third-order valence-corrected chi connectivity index (χ3v) is 5.68. The van der Waals surface area contributed by atoms with Crippen LogP contribution in [0.3, 0.4) is 0 Å². The Balaban J connectivity index is 1.80. The first-order valence-corrected chi connectivity index (χ1v) is 10.7. The number of urea groups is 1. The summed E-state index contributed by atoms with van der Waals surface area (Å²) in [5.41, 5.74) is 1.98. The molecule has 1 N–H and O–H groups in total. The van der Waals surface area contributed by atoms with Gasteiger partial charge < -0.3 is 14.8 Å². The number of carbonyl (C=O) groups is 1. The average molecular weight is 402 g/mol. The maximum atomic E-state index is 13.1. The Morgan fingerprint density at radius 2 is 1.86 bits per heavy atom. The number of halogens is 1. The van der Waals surface area contributed by atoms with Crippen molar-refractivity contribution >= 4 is 17.6 Å². The zero-order valence-corrected chi connectivity index (χ0v) is 18.0. The molecule has 1 aliphatic carbocycles. The molecule has 1 aromatic heterocycles. The van der Waals surface area contributed by atoms with Gasteiger partial charge in [-0.15, -0.1) is 0 Å². The van der Waals surface area contributed by atoms with Crippen LogP contribution in [-0.4, -0.2) is 27.1 Å². The summed E-state index contributed by atoms with van der Waals surface area (Å²) in [5, 5.41) is 3.94. The molecule has 152 valence electrons. The van der Waals surface area contributed by atoms with E-state index in [-0.39, 0.29) is 11.6 Å². The van der Waals surface area contributed by atoms with Crippen molar-refractivity contribution in [2.24, 2.45) is 0 Å². The minimum Gasteiger partial charge on any atom is -0.345 e. The van der Waals surface area contributed by atoms with E-state index in [1.54, 1.807) is 0 Å². The first-order valence-electron chi connectivity index (χ1n) is 10.3. The lowest BCUT2D eigenvalue weighted by Crippen LogP contribution is -2.52. The van der Waals surface area contributed by atoms with Gasteiger partial charge in [-0.05, 0) is 57.4 Å². The average Bonchev–Trinajstić information content (AvgIpc) is 3.07. The summed E-state index contributed by atoms with van der Waals surface area (Å²) < 4.78 is 2.20. The van der Waals surface area contributed by atoms with Gasteiger partial charge in [0.25, 0.3) is 0 Å². The molecule has 1 heterocycles. The number of amides is 2. The molecule has 4 nitrogen and oxygen atoms in total. The second-order valence-electron chi connectivity index (χ2n) is 8.82. The minimum absolute atomic E-state index is 0.0323. The molecule has 5 heteroatoms. The molecule has 28 heavy (non-hydrogen) atoms. The van der Waals surface area contributed by atoms with Gasteiger partial charge in [0.05, 0.1) is 6.54 Å². The molecule has 0 radical (unpaired) electrons. The van der Waals surface area contributed by atoms with E-state index in [1.165, 1.54) is 19.3 Å². The highest BCUT2D eigenvalue weighted by Crippen LogP contribution is 2.25. The van der Waals surface area contributed by atoms with E-state index in [2.05, 4.69) is 28.2 Å². The van der Waals surface area contributed by atoms with Crippen molar-refractivity contribution in [3.8, 4) is 0 Å². The lowest BCUT2D eigenvalue weighted by atomic mass is 9.94. The van der Waals surface area contributed by atoms with Crippen LogP contribution in [0.4, 0.5) is 4.79 Å². The zero-order valence-electron chi connectivity index (χ0n) is 17.2. The molecule has 0 atom stereocenters. The Morgan fingerprint density at radius 1 is 1.14 bits per heavy atom. The molecule has 1 saturated carbocycles. The standard InChI is InChI=1S/C23H32ClN3O/c1-23(2,3)25-22(28)27(19-11-5-4-6-12-19)17-20-13-9-15-26(20)16-18-10-7-8-14-21(18)24/h7-10,13-15,19H,4-6,11-12,16-17H2,1-3H3,(H,25,28). The van der Waals surface area contributed by atoms with E-state index in [0.717, 1.165) is 29.1 Å². The number of hydrogen-bond donors (Lipinski definition) is 1. The van der Waals surface area contributed by atoms with Crippen molar-refractivity contribution in [3.05, 3.63) is 58.9 Å². The van der Waals surface area contributed by atoms with Gasteiger partial charge in [-0.1, -0.05) is 49.1 Å². The SMILES string of the molecule is CC(C)(C)NC(=O)N(Cc1cccn1Cc1ccccc1Cl)C1CCCCC1. The van der Waals surface area contributed by atoms with E-state index in [1.807, 2.05) is 49.9 Å². The van der Waals surface area contributed by atoms with Crippen molar-refractivity contribution in [1.82, 2.24) is 14.8 Å². The molecule has 1 aliphatic rings. The summed E-state index contributed by atoms with van der Waals surface area (Å²) in [4.78, 5) is 15.1. The Labute approximate surface area is 173 Å². The third kappa shape index (κ3) is 5.54. The lowest BCUT2D eigenvalue weighted by Gasteiger charge is -2.36. The number of nitrogens with one attached hydrogen (secondary N) is 1. The van der Waals surface area contributed by atoms with Gasteiger partial charge in [0, 0.05) is 35.0 Å². The fourth-order valence-electron chi connectivity index (χ4n) is 3.88. The predicted octanol–water partition coefficient (Wildman–Crippen LogP) is 5.83.